The second-order valence-corrected chi connectivity index (χ2v) is 4.10. The first kappa shape index (κ1) is 11.9. The molecule has 1 saturated heterocycles. The molecule has 1 aliphatic heterocycles. The third kappa shape index (κ3) is 2.95. The van der Waals surface area contributed by atoms with Gasteiger partial charge in [0.15, 0.2) is 0 Å². The summed E-state index contributed by atoms with van der Waals surface area (Å²) in [7, 11) is 0. The average molecular weight is 236 g/mol. The van der Waals surface area contributed by atoms with E-state index < -0.39 is 6.10 Å². The standard InChI is InChI=1S/C12H16N2O3/c13-7-10-4-5-11(17-10)12(16)14-8-2-1-3-9(15)6-8/h1-3,6,10-11,15H,4-5,7,13H2,(H,14,16)/t10-,11+/m1/s1. The number of ether oxygens (including phenoxy) is 1. The van der Waals surface area contributed by atoms with E-state index in [1.165, 1.54) is 6.07 Å². The number of rotatable bonds is 3. The molecule has 0 unspecified atom stereocenters. The van der Waals surface area contributed by atoms with E-state index in [1.807, 2.05) is 0 Å². The third-order valence-electron chi connectivity index (χ3n) is 2.78. The number of hydrogen-bond donors (Lipinski definition) is 3. The highest BCUT2D eigenvalue weighted by atomic mass is 16.5. The number of aromatic hydroxyl groups is 1. The van der Waals surface area contributed by atoms with Gasteiger partial charge >= 0.3 is 0 Å². The smallest absolute Gasteiger partial charge is 0.253 e. The van der Waals surface area contributed by atoms with Gasteiger partial charge in [0.1, 0.15) is 11.9 Å². The Balaban J connectivity index is 1.93. The number of benzene rings is 1. The maximum Gasteiger partial charge on any atom is 0.253 e. The van der Waals surface area contributed by atoms with Crippen LogP contribution in [0, 0.1) is 0 Å². The van der Waals surface area contributed by atoms with E-state index in [1.54, 1.807) is 18.2 Å². The first-order chi connectivity index (χ1) is 8.19. The van der Waals surface area contributed by atoms with Gasteiger partial charge in [-0.1, -0.05) is 6.07 Å². The normalized spacial score (nSPS) is 23.6. The lowest BCUT2D eigenvalue weighted by Crippen LogP contribution is -2.29. The van der Waals surface area contributed by atoms with Gasteiger partial charge < -0.3 is 20.9 Å². The molecule has 4 N–H and O–H groups in total. The minimum absolute atomic E-state index is 0.0186. The maximum absolute atomic E-state index is 11.8. The monoisotopic (exact) mass is 236 g/mol. The van der Waals surface area contributed by atoms with Gasteiger partial charge in [-0.3, -0.25) is 4.79 Å². The largest absolute Gasteiger partial charge is 0.508 e. The third-order valence-corrected chi connectivity index (χ3v) is 2.78. The van der Waals surface area contributed by atoms with Gasteiger partial charge in [-0.05, 0) is 25.0 Å². The van der Waals surface area contributed by atoms with Crippen molar-refractivity contribution in [3.8, 4) is 5.75 Å². The molecule has 1 aromatic carbocycles. The number of carbonyl (C=O) groups excluding carboxylic acids is 1. The van der Waals surface area contributed by atoms with Crippen LogP contribution in [0.3, 0.4) is 0 Å². The zero-order chi connectivity index (χ0) is 12.3. The Morgan fingerprint density at radius 2 is 2.35 bits per heavy atom. The van der Waals surface area contributed by atoms with Gasteiger partial charge in [-0.25, -0.2) is 0 Å². The minimum Gasteiger partial charge on any atom is -0.508 e. The number of phenolic OH excluding ortho intramolecular Hbond substituents is 1. The summed E-state index contributed by atoms with van der Waals surface area (Å²) in [6.07, 6.45) is 1.04. The zero-order valence-electron chi connectivity index (χ0n) is 9.43. The highest BCUT2D eigenvalue weighted by Crippen LogP contribution is 2.21. The molecule has 1 fully saturated rings. The average Bonchev–Trinajstić information content (AvgIpc) is 2.77. The topological polar surface area (TPSA) is 84.6 Å². The van der Waals surface area contributed by atoms with Crippen LogP contribution in [0.1, 0.15) is 12.8 Å². The quantitative estimate of drug-likeness (QED) is 0.726. The summed E-state index contributed by atoms with van der Waals surface area (Å²) < 4.78 is 5.48. The van der Waals surface area contributed by atoms with Crippen molar-refractivity contribution in [2.75, 3.05) is 11.9 Å². The number of phenols is 1. The molecule has 1 aliphatic rings. The van der Waals surface area contributed by atoms with Crippen molar-refractivity contribution < 1.29 is 14.6 Å². The van der Waals surface area contributed by atoms with E-state index in [4.69, 9.17) is 10.5 Å². The van der Waals surface area contributed by atoms with Crippen LogP contribution in [0.5, 0.6) is 5.75 Å². The summed E-state index contributed by atoms with van der Waals surface area (Å²) in [5, 5.41) is 12.0. The number of anilines is 1. The Labute approximate surface area is 99.6 Å². The van der Waals surface area contributed by atoms with Crippen LogP contribution in [0.2, 0.25) is 0 Å². The molecule has 5 heteroatoms. The molecular weight excluding hydrogens is 220 g/mol. The van der Waals surface area contributed by atoms with E-state index in [-0.39, 0.29) is 17.8 Å². The number of nitrogens with two attached hydrogens (primary N) is 1. The second-order valence-electron chi connectivity index (χ2n) is 4.10. The lowest BCUT2D eigenvalue weighted by molar-refractivity contribution is -0.126. The van der Waals surface area contributed by atoms with Gasteiger partial charge in [0, 0.05) is 18.3 Å². The van der Waals surface area contributed by atoms with Crippen LogP contribution >= 0.6 is 0 Å². The molecule has 1 heterocycles. The molecule has 0 radical (unpaired) electrons. The number of carbonyl (C=O) groups is 1. The first-order valence-electron chi connectivity index (χ1n) is 5.64. The molecule has 0 aromatic heterocycles. The predicted octanol–water partition coefficient (Wildman–Crippen LogP) is 0.837. The van der Waals surface area contributed by atoms with Crippen LogP contribution in [-0.4, -0.2) is 29.8 Å². The summed E-state index contributed by atoms with van der Waals surface area (Å²) in [5.41, 5.74) is 6.04. The van der Waals surface area contributed by atoms with Crippen LogP contribution in [-0.2, 0) is 9.53 Å². The minimum atomic E-state index is -0.439. The van der Waals surface area contributed by atoms with Crippen molar-refractivity contribution in [3.63, 3.8) is 0 Å². The van der Waals surface area contributed by atoms with Crippen molar-refractivity contribution in [2.45, 2.75) is 25.0 Å². The molecule has 0 bridgehead atoms. The maximum atomic E-state index is 11.8. The highest BCUT2D eigenvalue weighted by Gasteiger charge is 2.29. The Kier molecular flexibility index (Phi) is 3.61. The number of nitrogens with one attached hydrogen (secondary N) is 1. The highest BCUT2D eigenvalue weighted by molar-refractivity contribution is 5.94. The van der Waals surface area contributed by atoms with Gasteiger partial charge in [-0.15, -0.1) is 0 Å². The van der Waals surface area contributed by atoms with Crippen LogP contribution < -0.4 is 11.1 Å². The molecule has 0 spiro atoms. The molecule has 2 atom stereocenters. The van der Waals surface area contributed by atoms with Crippen molar-refractivity contribution >= 4 is 11.6 Å². The van der Waals surface area contributed by atoms with E-state index in [2.05, 4.69) is 5.32 Å². The second kappa shape index (κ2) is 5.16. The Hall–Kier alpha value is -1.59. The number of amides is 1. The first-order valence-corrected chi connectivity index (χ1v) is 5.64. The van der Waals surface area contributed by atoms with Gasteiger partial charge in [0.25, 0.3) is 5.91 Å². The van der Waals surface area contributed by atoms with Crippen LogP contribution in [0.4, 0.5) is 5.69 Å². The summed E-state index contributed by atoms with van der Waals surface area (Å²) in [6, 6.07) is 6.43. The Bertz CT molecular complexity index is 408. The molecule has 0 aliphatic carbocycles. The fourth-order valence-corrected chi connectivity index (χ4v) is 1.88. The number of hydrogen-bond acceptors (Lipinski definition) is 4. The summed E-state index contributed by atoms with van der Waals surface area (Å²) in [6.45, 7) is 0.440. The van der Waals surface area contributed by atoms with Crippen molar-refractivity contribution in [1.82, 2.24) is 0 Å². The van der Waals surface area contributed by atoms with E-state index >= 15 is 0 Å². The molecule has 1 aromatic rings. The molecule has 1 amide bonds. The lowest BCUT2D eigenvalue weighted by atomic mass is 10.2. The van der Waals surface area contributed by atoms with Crippen LogP contribution in [0.25, 0.3) is 0 Å². The molecule has 92 valence electrons. The van der Waals surface area contributed by atoms with E-state index in [9.17, 15) is 9.90 Å². The molecular formula is C12H16N2O3. The SMILES string of the molecule is NC[C@H]1CC[C@@H](C(=O)Nc2cccc(O)c2)O1. The predicted molar refractivity (Wildman–Crippen MR) is 63.7 cm³/mol. The fourth-order valence-electron chi connectivity index (χ4n) is 1.88. The zero-order valence-corrected chi connectivity index (χ0v) is 9.43. The molecule has 2 rings (SSSR count). The summed E-state index contributed by atoms with van der Waals surface area (Å²) in [4.78, 5) is 11.8. The van der Waals surface area contributed by atoms with Crippen molar-refractivity contribution in [2.24, 2.45) is 5.73 Å². The molecule has 17 heavy (non-hydrogen) atoms. The van der Waals surface area contributed by atoms with E-state index in [0.29, 0.717) is 18.7 Å². The van der Waals surface area contributed by atoms with E-state index in [0.717, 1.165) is 6.42 Å². The molecule has 0 saturated carbocycles. The van der Waals surface area contributed by atoms with Crippen LogP contribution in [0.15, 0.2) is 24.3 Å². The summed E-state index contributed by atoms with van der Waals surface area (Å²) in [5.74, 6) is -0.0680. The van der Waals surface area contributed by atoms with Crippen molar-refractivity contribution in [3.05, 3.63) is 24.3 Å². The van der Waals surface area contributed by atoms with Gasteiger partial charge in [0.2, 0.25) is 0 Å². The summed E-state index contributed by atoms with van der Waals surface area (Å²) >= 11 is 0. The Morgan fingerprint density at radius 3 is 3.00 bits per heavy atom. The lowest BCUT2D eigenvalue weighted by Gasteiger charge is -2.12. The van der Waals surface area contributed by atoms with Gasteiger partial charge in [0.05, 0.1) is 6.10 Å². The Morgan fingerprint density at radius 1 is 1.53 bits per heavy atom. The fraction of sp³-hybridized carbons (Fsp3) is 0.417. The molecule has 5 nitrogen and oxygen atoms in total. The van der Waals surface area contributed by atoms with Crippen molar-refractivity contribution in [1.29, 1.82) is 0 Å². The van der Waals surface area contributed by atoms with Gasteiger partial charge in [-0.2, -0.15) is 0 Å².